The summed E-state index contributed by atoms with van der Waals surface area (Å²) in [5.41, 5.74) is 11.5. The number of nitrogens with two attached hydrogens (primary N) is 2. The zero-order valence-electron chi connectivity index (χ0n) is 32.0. The van der Waals surface area contributed by atoms with E-state index in [2.05, 4.69) is 0 Å². The van der Waals surface area contributed by atoms with E-state index in [4.69, 9.17) is 68.1 Å². The van der Waals surface area contributed by atoms with Crippen LogP contribution in [-0.4, -0.2) is 104 Å². The van der Waals surface area contributed by atoms with Gasteiger partial charge in [-0.3, -0.25) is 24.2 Å². The third-order valence-corrected chi connectivity index (χ3v) is 9.12. The third kappa shape index (κ3) is 11.0. The number of fused-ring (bicyclic) bond motifs is 2. The van der Waals surface area contributed by atoms with Crippen molar-refractivity contribution in [3.05, 3.63) is 61.2 Å². The van der Waals surface area contributed by atoms with Crippen molar-refractivity contribution < 1.29 is 58.0 Å². The van der Waals surface area contributed by atoms with E-state index in [-0.39, 0.29) is 124 Å². The van der Waals surface area contributed by atoms with Gasteiger partial charge in [0.2, 0.25) is 5.43 Å². The number of aromatic hydroxyl groups is 1. The van der Waals surface area contributed by atoms with E-state index in [0.29, 0.717) is 13.2 Å². The van der Waals surface area contributed by atoms with E-state index in [0.717, 1.165) is 0 Å². The first-order valence-electron chi connectivity index (χ1n) is 18.1. The molecule has 1 aliphatic carbocycles. The molecule has 17 nitrogen and oxygen atoms in total. The topological polar surface area (TPSA) is 236 Å². The fraction of sp³-hybridized carbons (Fsp3) is 0.421. The number of halogens is 2. The predicted molar refractivity (Wildman–Crippen MR) is 211 cm³/mol. The second-order valence-corrected chi connectivity index (χ2v) is 13.2. The highest BCUT2D eigenvalue weighted by molar-refractivity contribution is 6.33. The Morgan fingerprint density at radius 1 is 0.772 bits per heavy atom. The van der Waals surface area contributed by atoms with Gasteiger partial charge in [0, 0.05) is 42.7 Å². The number of hydrogen-bond donors (Lipinski definition) is 4. The molecule has 0 saturated heterocycles. The smallest absolute Gasteiger partial charge is 0.338 e. The van der Waals surface area contributed by atoms with E-state index in [1.807, 2.05) is 0 Å². The minimum absolute atomic E-state index is 0.00457. The van der Waals surface area contributed by atoms with E-state index < -0.39 is 42.2 Å². The molecule has 0 bridgehead atoms. The number of phenols is 1. The number of hydrogen-bond acceptors (Lipinski definition) is 16. The van der Waals surface area contributed by atoms with Crippen LogP contribution in [0.4, 0.5) is 11.4 Å². The highest BCUT2D eigenvalue weighted by Crippen LogP contribution is 2.48. The van der Waals surface area contributed by atoms with Crippen LogP contribution in [0.15, 0.2) is 33.5 Å². The number of aromatic carboxylic acids is 1. The Morgan fingerprint density at radius 3 is 1.89 bits per heavy atom. The quantitative estimate of drug-likeness (QED) is 0.0201. The largest absolute Gasteiger partial charge is 0.506 e. The zero-order chi connectivity index (χ0) is 41.8. The highest BCUT2D eigenvalue weighted by Gasteiger charge is 2.31. The van der Waals surface area contributed by atoms with Crippen LogP contribution in [0, 0.1) is 0 Å². The first-order chi connectivity index (χ1) is 27.3. The van der Waals surface area contributed by atoms with E-state index in [1.165, 1.54) is 29.2 Å². The first kappa shape index (κ1) is 45.0. The average molecular weight is 838 g/mol. The van der Waals surface area contributed by atoms with Gasteiger partial charge in [-0.2, -0.15) is 0 Å². The third-order valence-electron chi connectivity index (χ3n) is 8.55. The fourth-order valence-electron chi connectivity index (χ4n) is 6.13. The van der Waals surface area contributed by atoms with Gasteiger partial charge >= 0.3 is 17.9 Å². The monoisotopic (exact) mass is 836 g/mol. The maximum absolute atomic E-state index is 14.0. The Morgan fingerprint density at radius 2 is 1.35 bits per heavy atom. The minimum Gasteiger partial charge on any atom is -0.506 e. The molecule has 0 aromatic heterocycles. The summed E-state index contributed by atoms with van der Waals surface area (Å²) >= 11 is 13.3. The summed E-state index contributed by atoms with van der Waals surface area (Å²) in [6.07, 6.45) is 0. The molecule has 0 atom stereocenters. The van der Waals surface area contributed by atoms with Crippen LogP contribution in [0.2, 0.25) is 10.0 Å². The summed E-state index contributed by atoms with van der Waals surface area (Å²) in [4.78, 5) is 76.1. The average Bonchev–Trinajstić information content (AvgIpc) is 3.16. The molecule has 0 unspecified atom stereocenters. The molecule has 2 aliphatic rings. The van der Waals surface area contributed by atoms with Gasteiger partial charge in [-0.1, -0.05) is 29.3 Å². The Labute approximate surface area is 338 Å². The van der Waals surface area contributed by atoms with Gasteiger partial charge < -0.3 is 35.6 Å². The van der Waals surface area contributed by atoms with E-state index >= 15 is 0 Å². The van der Waals surface area contributed by atoms with Crippen molar-refractivity contribution in [1.82, 2.24) is 9.80 Å². The second kappa shape index (κ2) is 21.2. The van der Waals surface area contributed by atoms with Crippen molar-refractivity contribution in [1.29, 1.82) is 0 Å². The SMILES string of the molecule is CCOOCCN(CCOOCC)Cc1c2oc3c(CN(CC(=O)OCC)CC(=O)OCC)c(O)c(Cl)cc3c(-c3ccc(N)c(N)c3C(=O)O)c-2cc(Cl)c1=O. The molecule has 0 amide bonds. The molecule has 0 fully saturated rings. The van der Waals surface area contributed by atoms with Crippen molar-refractivity contribution in [2.75, 3.05) is 77.3 Å². The van der Waals surface area contributed by atoms with Gasteiger partial charge in [-0.05, 0) is 51.5 Å². The molecular weight excluding hydrogens is 791 g/mol. The number of phenolic OH excluding ortho intramolecular Hbond substituents is 1. The molecule has 2 aromatic rings. The van der Waals surface area contributed by atoms with Crippen molar-refractivity contribution in [3.8, 4) is 28.2 Å². The Kier molecular flexibility index (Phi) is 16.7. The van der Waals surface area contributed by atoms with Gasteiger partial charge in [0.25, 0.3) is 0 Å². The zero-order valence-corrected chi connectivity index (χ0v) is 33.5. The summed E-state index contributed by atoms with van der Waals surface area (Å²) in [5, 5.41) is 21.8. The number of benzene rings is 3. The molecule has 310 valence electrons. The van der Waals surface area contributed by atoms with Crippen molar-refractivity contribution in [2.45, 2.75) is 40.8 Å². The molecule has 0 spiro atoms. The van der Waals surface area contributed by atoms with Crippen LogP contribution in [0.25, 0.3) is 33.4 Å². The van der Waals surface area contributed by atoms with Crippen LogP contribution in [0.1, 0.15) is 49.2 Å². The summed E-state index contributed by atoms with van der Waals surface area (Å²) in [6.45, 7) is 6.90. The van der Waals surface area contributed by atoms with Gasteiger partial charge in [-0.15, -0.1) is 0 Å². The summed E-state index contributed by atoms with van der Waals surface area (Å²) in [5.74, 6) is -3.28. The van der Waals surface area contributed by atoms with Crippen LogP contribution >= 0.6 is 23.2 Å². The van der Waals surface area contributed by atoms with Gasteiger partial charge in [0.05, 0.1) is 90.8 Å². The summed E-state index contributed by atoms with van der Waals surface area (Å²) in [6, 6.07) is 5.56. The first-order valence-corrected chi connectivity index (χ1v) is 18.8. The Balaban J connectivity index is 2.10. The van der Waals surface area contributed by atoms with Crippen molar-refractivity contribution in [3.63, 3.8) is 0 Å². The summed E-state index contributed by atoms with van der Waals surface area (Å²) < 4.78 is 16.9. The van der Waals surface area contributed by atoms with E-state index in [9.17, 15) is 29.4 Å². The maximum atomic E-state index is 14.0. The highest BCUT2D eigenvalue weighted by atomic mass is 35.5. The van der Waals surface area contributed by atoms with Gasteiger partial charge in [-0.25, -0.2) is 24.3 Å². The molecule has 0 saturated carbocycles. The number of carboxylic acids is 1. The molecule has 4 rings (SSSR count). The van der Waals surface area contributed by atoms with Crippen molar-refractivity contribution >= 4 is 63.5 Å². The maximum Gasteiger partial charge on any atom is 0.338 e. The molecule has 1 aliphatic heterocycles. The predicted octanol–water partition coefficient (Wildman–Crippen LogP) is 5.11. The second-order valence-electron chi connectivity index (χ2n) is 12.4. The number of carbonyl (C=O) groups excluding carboxylic acids is 2. The molecular formula is C38H46Cl2N4O13. The lowest BCUT2D eigenvalue weighted by Gasteiger charge is -2.26. The molecule has 6 N–H and O–H groups in total. The number of carbonyl (C=O) groups is 3. The summed E-state index contributed by atoms with van der Waals surface area (Å²) in [7, 11) is 0. The lowest BCUT2D eigenvalue weighted by atomic mass is 9.87. The number of carboxylic acid groups (broad SMARTS) is 1. The number of ether oxygens (including phenoxy) is 2. The van der Waals surface area contributed by atoms with Gasteiger partial charge in [0.1, 0.15) is 17.1 Å². The molecule has 19 heteroatoms. The van der Waals surface area contributed by atoms with Crippen LogP contribution in [-0.2, 0) is 51.7 Å². The van der Waals surface area contributed by atoms with E-state index in [1.54, 1.807) is 32.6 Å². The molecule has 0 radical (unpaired) electrons. The van der Waals surface area contributed by atoms with Crippen LogP contribution < -0.4 is 16.9 Å². The minimum atomic E-state index is -1.42. The fourth-order valence-corrected chi connectivity index (χ4v) is 6.58. The number of nitrogen functional groups attached to an aromatic ring is 2. The number of esters is 2. The molecule has 1 heterocycles. The molecule has 2 aromatic carbocycles. The van der Waals surface area contributed by atoms with Gasteiger partial charge in [0.15, 0.2) is 0 Å². The van der Waals surface area contributed by atoms with Crippen molar-refractivity contribution in [2.24, 2.45) is 0 Å². The lowest BCUT2D eigenvalue weighted by molar-refractivity contribution is -0.298. The standard InChI is InChI=1S/C38H46Cl2N4O13/c1-5-51-29(45)19-44(20-30(46)52-6-2)18-25-35(48)27(40)16-23-31(21-9-10-28(41)33(42)32(21)38(49)50)22-15-26(39)34(47)24(36(22)57-37(23)25)17-43(11-13-55-53-7-3)12-14-56-54-8-4/h9-10,15-16,48H,5-8,11-14,17-20,41-42H2,1-4H3,(H,49,50). The Hall–Kier alpha value is -4.72. The normalized spacial score (nSPS) is 11.6. The number of anilines is 2. The Bertz CT molecular complexity index is 2060. The van der Waals surface area contributed by atoms with Crippen LogP contribution in [0.3, 0.4) is 0 Å². The lowest BCUT2D eigenvalue weighted by Crippen LogP contribution is -2.35. The molecule has 57 heavy (non-hydrogen) atoms. The number of rotatable bonds is 22. The number of nitrogens with zero attached hydrogens (tertiary/aromatic N) is 2. The van der Waals surface area contributed by atoms with Crippen LogP contribution in [0.5, 0.6) is 5.75 Å².